The van der Waals surface area contributed by atoms with Crippen LogP contribution >= 0.6 is 0 Å². The highest BCUT2D eigenvalue weighted by atomic mass is 15.6. The number of hydrogen-bond acceptors (Lipinski definition) is 5. The molecule has 4 heterocycles. The van der Waals surface area contributed by atoms with Gasteiger partial charge in [0.2, 0.25) is 5.66 Å². The highest BCUT2D eigenvalue weighted by Gasteiger charge is 2.57. The van der Waals surface area contributed by atoms with Crippen LogP contribution in [-0.2, 0) is 11.4 Å². The van der Waals surface area contributed by atoms with E-state index in [4.69, 9.17) is 11.5 Å². The Labute approximate surface area is 154 Å². The van der Waals surface area contributed by atoms with Gasteiger partial charge in [0.1, 0.15) is 0 Å². The third-order valence-electron chi connectivity index (χ3n) is 4.47. The van der Waals surface area contributed by atoms with Gasteiger partial charge in [-0.15, -0.1) is 0 Å². The van der Waals surface area contributed by atoms with Crippen molar-refractivity contribution < 1.29 is 0 Å². The highest BCUT2D eigenvalue weighted by Crippen LogP contribution is 2.39. The third-order valence-corrected chi connectivity index (χ3v) is 4.47. The second-order valence-electron chi connectivity index (χ2n) is 6.00. The maximum atomic E-state index is 5.88. The molecule has 0 saturated carbocycles. The van der Waals surface area contributed by atoms with Crippen molar-refractivity contribution in [3.63, 3.8) is 0 Å². The number of guanidine groups is 1. The van der Waals surface area contributed by atoms with Gasteiger partial charge in [-0.25, -0.2) is 18.7 Å². The Morgan fingerprint density at radius 3 is 1.37 bits per heavy atom. The van der Waals surface area contributed by atoms with Gasteiger partial charge in [-0.3, -0.25) is 0 Å². The van der Waals surface area contributed by atoms with E-state index in [-0.39, 0.29) is 5.96 Å². The molecule has 0 spiro atoms. The van der Waals surface area contributed by atoms with Crippen molar-refractivity contribution in [3.05, 3.63) is 73.8 Å². The molecule has 0 aliphatic heterocycles. The fraction of sp³-hybridized carbons (Fsp3) is 0.188. The molecule has 4 rings (SSSR count). The van der Waals surface area contributed by atoms with E-state index in [1.54, 1.807) is 68.0 Å². The monoisotopic (exact) mass is 365 g/mol. The number of aromatic nitrogens is 8. The van der Waals surface area contributed by atoms with Crippen LogP contribution in [0.25, 0.3) is 0 Å². The van der Waals surface area contributed by atoms with Gasteiger partial charge in [-0.2, -0.15) is 25.4 Å². The Bertz CT molecular complexity index is 923. The van der Waals surface area contributed by atoms with Gasteiger partial charge in [0, 0.05) is 49.6 Å². The number of rotatable bonds is 6. The van der Waals surface area contributed by atoms with E-state index in [1.165, 1.54) is 0 Å². The van der Waals surface area contributed by atoms with Crippen LogP contribution in [-0.4, -0.2) is 45.1 Å². The molecule has 0 aliphatic carbocycles. The van der Waals surface area contributed by atoms with Crippen molar-refractivity contribution in [2.45, 2.75) is 18.4 Å². The summed E-state index contributed by atoms with van der Waals surface area (Å²) in [5.74, 6) is -1.51. The van der Waals surface area contributed by atoms with E-state index in [1.807, 2.05) is 31.5 Å². The predicted molar refractivity (Wildman–Crippen MR) is 97.1 cm³/mol. The van der Waals surface area contributed by atoms with Crippen LogP contribution in [0.4, 0.5) is 0 Å². The maximum Gasteiger partial charge on any atom is 0.297 e. The van der Waals surface area contributed by atoms with Crippen LogP contribution in [0.1, 0.15) is 6.92 Å². The van der Waals surface area contributed by atoms with Crippen molar-refractivity contribution in [1.29, 1.82) is 0 Å². The lowest BCUT2D eigenvalue weighted by atomic mass is 10.0. The average Bonchev–Trinajstić information content (AvgIpc) is 3.44. The number of aliphatic imine (C=N–C) groups is 1. The Morgan fingerprint density at radius 2 is 1.07 bits per heavy atom. The minimum Gasteiger partial charge on any atom is -0.370 e. The predicted octanol–water partition coefficient (Wildman–Crippen LogP) is -0.174. The first-order valence-corrected chi connectivity index (χ1v) is 8.20. The lowest BCUT2D eigenvalue weighted by Gasteiger charge is -2.45. The molecule has 4 aromatic heterocycles. The van der Waals surface area contributed by atoms with Crippen molar-refractivity contribution in [2.75, 3.05) is 0 Å². The van der Waals surface area contributed by atoms with E-state index >= 15 is 0 Å². The van der Waals surface area contributed by atoms with Gasteiger partial charge in [0.15, 0.2) is 5.96 Å². The van der Waals surface area contributed by atoms with Crippen LogP contribution in [0.15, 0.2) is 78.8 Å². The number of nitrogens with two attached hydrogens (primary N) is 2. The SMILES string of the molecule is CC(n1cccn1)(n1cccn1)C(N=C(N)N)(n1cccn1)n1cccn1. The van der Waals surface area contributed by atoms with Crippen molar-refractivity contribution in [2.24, 2.45) is 16.5 Å². The molecule has 4 aromatic rings. The van der Waals surface area contributed by atoms with Gasteiger partial charge in [0.05, 0.1) is 0 Å². The maximum absolute atomic E-state index is 5.88. The van der Waals surface area contributed by atoms with Crippen LogP contribution in [0.2, 0.25) is 0 Å². The zero-order valence-electron chi connectivity index (χ0n) is 14.6. The summed E-state index contributed by atoms with van der Waals surface area (Å²) < 4.78 is 6.69. The topological polar surface area (TPSA) is 136 Å². The van der Waals surface area contributed by atoms with Crippen LogP contribution in [0.3, 0.4) is 0 Å². The summed E-state index contributed by atoms with van der Waals surface area (Å²) in [7, 11) is 0. The summed E-state index contributed by atoms with van der Waals surface area (Å²) in [4.78, 5) is 4.63. The normalized spacial score (nSPS) is 12.2. The molecule has 138 valence electrons. The van der Waals surface area contributed by atoms with Crippen molar-refractivity contribution in [1.82, 2.24) is 39.1 Å². The minimum absolute atomic E-state index is 0.133. The lowest BCUT2D eigenvalue weighted by molar-refractivity contribution is -0.0187. The first-order chi connectivity index (χ1) is 13.1. The van der Waals surface area contributed by atoms with Gasteiger partial charge < -0.3 is 11.5 Å². The second-order valence-corrected chi connectivity index (χ2v) is 6.00. The summed E-state index contributed by atoms with van der Waals surface area (Å²) >= 11 is 0. The summed E-state index contributed by atoms with van der Waals surface area (Å²) in [5, 5.41) is 17.8. The first kappa shape index (κ1) is 16.6. The third kappa shape index (κ3) is 2.32. The van der Waals surface area contributed by atoms with Crippen LogP contribution in [0, 0.1) is 0 Å². The highest BCUT2D eigenvalue weighted by molar-refractivity contribution is 5.76. The second kappa shape index (κ2) is 6.12. The number of nitrogens with zero attached hydrogens (tertiary/aromatic N) is 9. The quantitative estimate of drug-likeness (QED) is 0.359. The Hall–Kier alpha value is -3.89. The molecule has 0 unspecified atom stereocenters. The van der Waals surface area contributed by atoms with E-state index in [0.717, 1.165) is 0 Å². The molecule has 0 saturated heterocycles. The molecule has 11 nitrogen and oxygen atoms in total. The van der Waals surface area contributed by atoms with Gasteiger partial charge in [0.25, 0.3) is 5.79 Å². The van der Waals surface area contributed by atoms with E-state index in [2.05, 4.69) is 25.4 Å². The smallest absolute Gasteiger partial charge is 0.297 e. The van der Waals surface area contributed by atoms with Crippen molar-refractivity contribution >= 4 is 5.96 Å². The van der Waals surface area contributed by atoms with Gasteiger partial charge >= 0.3 is 0 Å². The summed E-state index contributed by atoms with van der Waals surface area (Å²) in [6, 6.07) is 7.20. The fourth-order valence-electron chi connectivity index (χ4n) is 3.30. The Kier molecular flexibility index (Phi) is 3.76. The van der Waals surface area contributed by atoms with Crippen molar-refractivity contribution in [3.8, 4) is 0 Å². The molecule has 0 bridgehead atoms. The molecule has 0 radical (unpaired) electrons. The fourth-order valence-corrected chi connectivity index (χ4v) is 3.30. The lowest BCUT2D eigenvalue weighted by Crippen LogP contribution is -2.63. The summed E-state index contributed by atoms with van der Waals surface area (Å²) in [5.41, 5.74) is 10.7. The van der Waals surface area contributed by atoms with Crippen LogP contribution < -0.4 is 11.5 Å². The Morgan fingerprint density at radius 1 is 0.704 bits per heavy atom. The molecule has 0 fully saturated rings. The first-order valence-electron chi connectivity index (χ1n) is 8.20. The average molecular weight is 365 g/mol. The van der Waals surface area contributed by atoms with Gasteiger partial charge in [-0.1, -0.05) is 0 Å². The molecule has 4 N–H and O–H groups in total. The zero-order chi connectivity index (χ0) is 18.9. The largest absolute Gasteiger partial charge is 0.370 e. The molecule has 0 aromatic carbocycles. The molecule has 0 aliphatic rings. The standard InChI is InChI=1S/C16H19N11/c1-15(24-10-2-6-19-24,25-11-3-7-20-25)16(23-14(17)18,26-12-4-8-21-26)27-13-5-9-22-27/h2-13H,1H3,(H4,17,18,23). The summed E-state index contributed by atoms with van der Waals surface area (Å²) in [6.07, 6.45) is 13.8. The molecule has 11 heteroatoms. The molecular weight excluding hydrogens is 346 g/mol. The van der Waals surface area contributed by atoms with E-state index in [0.29, 0.717) is 0 Å². The zero-order valence-corrected chi connectivity index (χ0v) is 14.6. The number of hydrogen-bond donors (Lipinski definition) is 2. The molecular formula is C16H19N11. The van der Waals surface area contributed by atoms with Crippen LogP contribution in [0.5, 0.6) is 0 Å². The Balaban J connectivity index is 2.15. The molecule has 0 amide bonds. The molecule has 0 atom stereocenters. The van der Waals surface area contributed by atoms with Gasteiger partial charge in [-0.05, 0) is 31.2 Å². The minimum atomic E-state index is -1.38. The van der Waals surface area contributed by atoms with E-state index in [9.17, 15) is 0 Å². The summed E-state index contributed by atoms with van der Waals surface area (Å²) in [6.45, 7) is 1.91. The van der Waals surface area contributed by atoms with E-state index < -0.39 is 11.4 Å². The molecule has 27 heavy (non-hydrogen) atoms.